The van der Waals surface area contributed by atoms with Gasteiger partial charge in [0, 0.05) is 11.0 Å². The van der Waals surface area contributed by atoms with Gasteiger partial charge in [0.15, 0.2) is 0 Å². The van der Waals surface area contributed by atoms with Crippen molar-refractivity contribution in [2.45, 2.75) is 25.5 Å². The molecule has 0 aromatic carbocycles. The van der Waals surface area contributed by atoms with Crippen LogP contribution in [0.5, 0.6) is 0 Å². The molecule has 1 atom stereocenters. The Morgan fingerprint density at radius 2 is 2.33 bits per heavy atom. The third kappa shape index (κ3) is 5.16. The molecule has 0 spiro atoms. The Morgan fingerprint density at radius 3 is 2.78 bits per heavy atom. The van der Waals surface area contributed by atoms with E-state index < -0.39 is 0 Å². The molecule has 2 heteroatoms. The first-order valence-corrected chi connectivity index (χ1v) is 5.48. The molecular weight excluding hydrogens is 148 g/mol. The van der Waals surface area contributed by atoms with Gasteiger partial charge in [-0.25, -0.2) is 0 Å². The van der Waals surface area contributed by atoms with Gasteiger partial charge in [-0.1, -0.05) is 7.43 Å². The van der Waals surface area contributed by atoms with Gasteiger partial charge in [-0.15, -0.1) is 0 Å². The van der Waals surface area contributed by atoms with E-state index in [-0.39, 0.29) is 7.43 Å². The van der Waals surface area contributed by atoms with Crippen LogP contribution < -0.4 is 0 Å². The molecule has 0 saturated carbocycles. The van der Waals surface area contributed by atoms with Crippen molar-refractivity contribution in [2.24, 2.45) is 0 Å². The Hall–Kier alpha value is 0.700. The van der Waals surface area contributed by atoms with Gasteiger partial charge < -0.3 is 0 Å². The molecular formula is C7H16S2. The van der Waals surface area contributed by atoms with E-state index in [1.807, 2.05) is 11.8 Å². The first-order valence-electron chi connectivity index (χ1n) is 3.04. The molecule has 1 aliphatic rings. The highest BCUT2D eigenvalue weighted by Crippen LogP contribution is 2.33. The largest absolute Gasteiger partial charge is 0.165 e. The second kappa shape index (κ2) is 5.48. The van der Waals surface area contributed by atoms with Crippen molar-refractivity contribution < 1.29 is 0 Å². The predicted molar refractivity (Wildman–Crippen MR) is 50.6 cm³/mol. The molecule has 1 heterocycles. The van der Waals surface area contributed by atoms with Crippen LogP contribution in [-0.4, -0.2) is 23.0 Å². The molecule has 0 aromatic heterocycles. The molecule has 56 valence electrons. The Morgan fingerprint density at radius 1 is 1.67 bits per heavy atom. The third-order valence-corrected chi connectivity index (χ3v) is 3.01. The summed E-state index contributed by atoms with van der Waals surface area (Å²) in [4.78, 5) is 0. The van der Waals surface area contributed by atoms with Crippen molar-refractivity contribution in [2.75, 3.05) is 17.8 Å². The molecule has 0 aliphatic carbocycles. The van der Waals surface area contributed by atoms with Gasteiger partial charge in [0.05, 0.1) is 0 Å². The zero-order valence-electron chi connectivity index (χ0n) is 5.22. The van der Waals surface area contributed by atoms with Gasteiger partial charge in [0.1, 0.15) is 0 Å². The smallest absolute Gasteiger partial charge is 0.0138 e. The maximum atomic E-state index is 2.18. The van der Waals surface area contributed by atoms with E-state index in [9.17, 15) is 0 Å². The van der Waals surface area contributed by atoms with E-state index in [4.69, 9.17) is 0 Å². The highest BCUT2D eigenvalue weighted by molar-refractivity contribution is 8.06. The lowest BCUT2D eigenvalue weighted by molar-refractivity contribution is 0.840. The van der Waals surface area contributed by atoms with Crippen LogP contribution in [0.25, 0.3) is 0 Å². The molecule has 1 fully saturated rings. The van der Waals surface area contributed by atoms with E-state index >= 15 is 0 Å². The van der Waals surface area contributed by atoms with E-state index in [1.54, 1.807) is 0 Å². The summed E-state index contributed by atoms with van der Waals surface area (Å²) in [5.41, 5.74) is 0. The monoisotopic (exact) mass is 164 g/mol. The van der Waals surface area contributed by atoms with Crippen LogP contribution in [0, 0.1) is 0 Å². The normalized spacial score (nSPS) is 23.0. The quantitative estimate of drug-likeness (QED) is 0.463. The molecule has 0 bridgehead atoms. The predicted octanol–water partition coefficient (Wildman–Crippen LogP) is 2.88. The van der Waals surface area contributed by atoms with Crippen molar-refractivity contribution >= 4 is 23.5 Å². The SMILES string of the molecule is C.CSCCCC1CS1. The molecule has 1 aliphatic heterocycles. The minimum Gasteiger partial charge on any atom is -0.165 e. The lowest BCUT2D eigenvalue weighted by atomic mass is 10.3. The van der Waals surface area contributed by atoms with Crippen LogP contribution >= 0.6 is 23.5 Å². The molecule has 0 radical (unpaired) electrons. The van der Waals surface area contributed by atoms with E-state index in [0.29, 0.717) is 0 Å². The summed E-state index contributed by atoms with van der Waals surface area (Å²) in [6, 6.07) is 0. The fourth-order valence-corrected chi connectivity index (χ4v) is 1.78. The van der Waals surface area contributed by atoms with E-state index in [0.717, 1.165) is 5.25 Å². The van der Waals surface area contributed by atoms with Crippen LogP contribution in [0.3, 0.4) is 0 Å². The minimum atomic E-state index is 0. The topological polar surface area (TPSA) is 0 Å². The first-order chi connectivity index (χ1) is 3.93. The van der Waals surface area contributed by atoms with Crippen molar-refractivity contribution in [1.82, 2.24) is 0 Å². The average Bonchev–Trinajstić information content (AvgIpc) is 2.51. The molecule has 0 nitrogen and oxygen atoms in total. The molecule has 1 unspecified atom stereocenters. The van der Waals surface area contributed by atoms with E-state index in [1.165, 1.54) is 24.3 Å². The Bertz CT molecular complexity index is 59.9. The number of hydrogen-bond acceptors (Lipinski definition) is 2. The Balaban J connectivity index is 0.000000640. The van der Waals surface area contributed by atoms with Gasteiger partial charge >= 0.3 is 0 Å². The number of thioether (sulfide) groups is 2. The summed E-state index contributed by atoms with van der Waals surface area (Å²) >= 11 is 4.07. The molecule has 1 rings (SSSR count). The van der Waals surface area contributed by atoms with Crippen LogP contribution in [0.15, 0.2) is 0 Å². The third-order valence-electron chi connectivity index (χ3n) is 1.28. The maximum absolute atomic E-state index is 2.18. The lowest BCUT2D eigenvalue weighted by Gasteiger charge is -1.91. The van der Waals surface area contributed by atoms with Crippen LogP contribution in [0.2, 0.25) is 0 Å². The second-order valence-corrected chi connectivity index (χ2v) is 4.41. The molecule has 0 amide bonds. The average molecular weight is 164 g/mol. The van der Waals surface area contributed by atoms with Crippen LogP contribution in [0.1, 0.15) is 20.3 Å². The Labute approximate surface area is 67.2 Å². The summed E-state index contributed by atoms with van der Waals surface area (Å²) in [5, 5.41) is 1.06. The van der Waals surface area contributed by atoms with Crippen molar-refractivity contribution in [3.05, 3.63) is 0 Å². The van der Waals surface area contributed by atoms with Crippen molar-refractivity contribution in [3.63, 3.8) is 0 Å². The van der Waals surface area contributed by atoms with E-state index in [2.05, 4.69) is 18.0 Å². The summed E-state index contributed by atoms with van der Waals surface area (Å²) in [5.74, 6) is 2.80. The fraction of sp³-hybridized carbons (Fsp3) is 1.00. The van der Waals surface area contributed by atoms with Gasteiger partial charge in [-0.3, -0.25) is 0 Å². The summed E-state index contributed by atoms with van der Waals surface area (Å²) in [6.45, 7) is 0. The Kier molecular flexibility index (Phi) is 5.91. The lowest BCUT2D eigenvalue weighted by Crippen LogP contribution is -1.84. The second-order valence-electron chi connectivity index (χ2n) is 2.09. The van der Waals surface area contributed by atoms with Gasteiger partial charge in [0.2, 0.25) is 0 Å². The molecule has 1 saturated heterocycles. The highest BCUT2D eigenvalue weighted by atomic mass is 32.2. The van der Waals surface area contributed by atoms with Crippen LogP contribution in [0.4, 0.5) is 0 Å². The summed E-state index contributed by atoms with van der Waals surface area (Å²) in [6.07, 6.45) is 5.07. The molecule has 0 aromatic rings. The number of rotatable bonds is 4. The molecule has 9 heavy (non-hydrogen) atoms. The zero-order valence-corrected chi connectivity index (χ0v) is 6.86. The van der Waals surface area contributed by atoms with Gasteiger partial charge in [0.25, 0.3) is 0 Å². The maximum Gasteiger partial charge on any atom is 0.0138 e. The zero-order chi connectivity index (χ0) is 5.82. The number of hydrogen-bond donors (Lipinski definition) is 0. The van der Waals surface area contributed by atoms with Crippen LogP contribution in [-0.2, 0) is 0 Å². The van der Waals surface area contributed by atoms with Gasteiger partial charge in [-0.2, -0.15) is 23.5 Å². The summed E-state index contributed by atoms with van der Waals surface area (Å²) in [7, 11) is 0. The highest BCUT2D eigenvalue weighted by Gasteiger charge is 2.20. The van der Waals surface area contributed by atoms with Crippen molar-refractivity contribution in [1.29, 1.82) is 0 Å². The summed E-state index contributed by atoms with van der Waals surface area (Å²) < 4.78 is 0. The van der Waals surface area contributed by atoms with Crippen molar-refractivity contribution in [3.8, 4) is 0 Å². The fourth-order valence-electron chi connectivity index (χ4n) is 0.690. The van der Waals surface area contributed by atoms with Gasteiger partial charge in [-0.05, 0) is 24.9 Å². The first kappa shape index (κ1) is 9.70. The standard InChI is InChI=1S/C6H12S2.CH4/c1-7-4-2-3-6-5-8-6;/h6H,2-5H2,1H3;1H4. The minimum absolute atomic E-state index is 0. The molecule has 0 N–H and O–H groups in total.